The molecule has 2 aromatic carbocycles. The third-order valence-corrected chi connectivity index (χ3v) is 8.07. The van der Waals surface area contributed by atoms with E-state index in [-0.39, 0.29) is 16.8 Å². The summed E-state index contributed by atoms with van der Waals surface area (Å²) in [6.07, 6.45) is 0.660. The molecule has 1 unspecified atom stereocenters. The summed E-state index contributed by atoms with van der Waals surface area (Å²) in [5, 5.41) is 9.61. The summed E-state index contributed by atoms with van der Waals surface area (Å²) in [7, 11) is -2.93. The lowest BCUT2D eigenvalue weighted by atomic mass is 10.1. The minimum absolute atomic E-state index is 0.0214. The molecule has 1 aromatic heterocycles. The van der Waals surface area contributed by atoms with Gasteiger partial charge in [-0.25, -0.2) is 8.42 Å². The molecule has 0 radical (unpaired) electrons. The van der Waals surface area contributed by atoms with Crippen molar-refractivity contribution in [1.82, 2.24) is 14.8 Å². The van der Waals surface area contributed by atoms with E-state index in [4.69, 9.17) is 0 Å². The molecule has 0 bridgehead atoms. The van der Waals surface area contributed by atoms with Gasteiger partial charge in [-0.2, -0.15) is 0 Å². The highest BCUT2D eigenvalue weighted by atomic mass is 32.2. The number of nitrogens with zero attached hydrogens (tertiary/aromatic N) is 3. The van der Waals surface area contributed by atoms with Crippen LogP contribution in [-0.2, 0) is 9.84 Å². The monoisotopic (exact) mass is 399 g/mol. The molecular formula is C20H21N3O2S2. The van der Waals surface area contributed by atoms with E-state index in [0.717, 1.165) is 22.2 Å². The van der Waals surface area contributed by atoms with Crippen LogP contribution in [0.25, 0.3) is 17.1 Å². The first-order chi connectivity index (χ1) is 12.9. The number of aryl methyl sites for hydroxylation is 2. The van der Waals surface area contributed by atoms with E-state index in [0.29, 0.717) is 6.42 Å². The molecule has 1 fully saturated rings. The van der Waals surface area contributed by atoms with Crippen molar-refractivity contribution >= 4 is 21.6 Å². The SMILES string of the molecule is Cc1ccc(-n2c(SC3CCS(=O)(=O)C3)nnc2-c2ccccc2)cc1C. The lowest BCUT2D eigenvalue weighted by Crippen LogP contribution is -2.08. The smallest absolute Gasteiger partial charge is 0.196 e. The van der Waals surface area contributed by atoms with Gasteiger partial charge in [-0.05, 0) is 43.5 Å². The van der Waals surface area contributed by atoms with Crippen molar-refractivity contribution in [2.45, 2.75) is 30.7 Å². The van der Waals surface area contributed by atoms with Gasteiger partial charge in [0.15, 0.2) is 20.8 Å². The van der Waals surface area contributed by atoms with E-state index < -0.39 is 9.84 Å². The van der Waals surface area contributed by atoms with E-state index in [1.54, 1.807) is 0 Å². The van der Waals surface area contributed by atoms with Gasteiger partial charge in [0.05, 0.1) is 17.2 Å². The number of hydrogen-bond donors (Lipinski definition) is 0. The molecule has 1 saturated heterocycles. The lowest BCUT2D eigenvalue weighted by molar-refractivity contribution is 0.602. The highest BCUT2D eigenvalue weighted by Gasteiger charge is 2.30. The number of rotatable bonds is 4. The second-order valence-corrected chi connectivity index (χ2v) is 10.4. The Balaban J connectivity index is 1.79. The van der Waals surface area contributed by atoms with Crippen molar-refractivity contribution in [1.29, 1.82) is 0 Å². The average molecular weight is 400 g/mol. The van der Waals surface area contributed by atoms with Crippen LogP contribution in [0.15, 0.2) is 53.7 Å². The van der Waals surface area contributed by atoms with E-state index in [1.165, 1.54) is 22.9 Å². The highest BCUT2D eigenvalue weighted by molar-refractivity contribution is 8.01. The molecule has 140 valence electrons. The molecule has 1 aliphatic heterocycles. The second-order valence-electron chi connectivity index (χ2n) is 6.92. The summed E-state index contributed by atoms with van der Waals surface area (Å²) in [5.74, 6) is 1.23. The topological polar surface area (TPSA) is 64.8 Å². The molecule has 1 aliphatic rings. The summed E-state index contributed by atoms with van der Waals surface area (Å²) < 4.78 is 25.7. The third-order valence-electron chi connectivity index (χ3n) is 4.88. The number of sulfone groups is 1. The highest BCUT2D eigenvalue weighted by Crippen LogP contribution is 2.34. The molecule has 5 nitrogen and oxygen atoms in total. The molecule has 0 aliphatic carbocycles. The maximum absolute atomic E-state index is 11.8. The Morgan fingerprint density at radius 3 is 2.48 bits per heavy atom. The molecule has 4 rings (SSSR count). The van der Waals surface area contributed by atoms with Crippen LogP contribution < -0.4 is 0 Å². The van der Waals surface area contributed by atoms with Crippen LogP contribution in [0.2, 0.25) is 0 Å². The number of thioether (sulfide) groups is 1. The van der Waals surface area contributed by atoms with Gasteiger partial charge in [-0.15, -0.1) is 10.2 Å². The Kier molecular flexibility index (Phi) is 4.82. The normalized spacial score (nSPS) is 18.7. The van der Waals surface area contributed by atoms with E-state index in [2.05, 4.69) is 42.2 Å². The summed E-state index contributed by atoms with van der Waals surface area (Å²) in [6, 6.07) is 16.2. The van der Waals surface area contributed by atoms with Crippen molar-refractivity contribution in [3.05, 3.63) is 59.7 Å². The van der Waals surface area contributed by atoms with Crippen molar-refractivity contribution < 1.29 is 8.42 Å². The largest absolute Gasteiger partial charge is 0.270 e. The van der Waals surface area contributed by atoms with Gasteiger partial charge in [0.1, 0.15) is 0 Å². The number of aromatic nitrogens is 3. The van der Waals surface area contributed by atoms with Crippen LogP contribution in [-0.4, -0.2) is 39.9 Å². The Hall–Kier alpha value is -2.12. The molecule has 7 heteroatoms. The summed E-state index contributed by atoms with van der Waals surface area (Å²) in [4.78, 5) is 0. The van der Waals surface area contributed by atoms with Gasteiger partial charge >= 0.3 is 0 Å². The standard InChI is InChI=1S/C20H21N3O2S2/c1-14-8-9-17(12-15(14)2)23-19(16-6-4-3-5-7-16)21-22-20(23)26-18-10-11-27(24,25)13-18/h3-9,12,18H,10-11,13H2,1-2H3. The Bertz CT molecular complexity index is 1080. The Morgan fingerprint density at radius 1 is 1.04 bits per heavy atom. The van der Waals surface area contributed by atoms with Gasteiger partial charge in [0.2, 0.25) is 0 Å². The molecule has 0 saturated carbocycles. The zero-order valence-corrected chi connectivity index (χ0v) is 16.9. The van der Waals surface area contributed by atoms with Gasteiger partial charge in [-0.3, -0.25) is 4.57 Å². The molecule has 2 heterocycles. The number of benzene rings is 2. The molecule has 27 heavy (non-hydrogen) atoms. The Labute approximate surface area is 163 Å². The fraction of sp³-hybridized carbons (Fsp3) is 0.300. The average Bonchev–Trinajstić information content (AvgIpc) is 3.21. The molecule has 0 N–H and O–H groups in total. The van der Waals surface area contributed by atoms with E-state index in [9.17, 15) is 8.42 Å². The predicted octanol–water partition coefficient (Wildman–Crippen LogP) is 3.83. The fourth-order valence-corrected chi connectivity index (χ4v) is 6.73. The lowest BCUT2D eigenvalue weighted by Gasteiger charge is -2.13. The van der Waals surface area contributed by atoms with Gasteiger partial charge in [0.25, 0.3) is 0 Å². The van der Waals surface area contributed by atoms with Gasteiger partial charge in [0, 0.05) is 10.8 Å². The fourth-order valence-electron chi connectivity index (χ4n) is 3.22. The third kappa shape index (κ3) is 3.80. The molecule has 0 amide bonds. The van der Waals surface area contributed by atoms with Crippen LogP contribution in [0.1, 0.15) is 17.5 Å². The second kappa shape index (κ2) is 7.13. The van der Waals surface area contributed by atoms with Crippen molar-refractivity contribution in [2.24, 2.45) is 0 Å². The number of hydrogen-bond acceptors (Lipinski definition) is 5. The summed E-state index contributed by atoms with van der Waals surface area (Å²) >= 11 is 1.51. The molecule has 3 aromatic rings. The maximum atomic E-state index is 11.8. The molecule has 0 spiro atoms. The van der Waals surface area contributed by atoms with Crippen LogP contribution in [0.4, 0.5) is 0 Å². The van der Waals surface area contributed by atoms with Crippen LogP contribution in [0, 0.1) is 13.8 Å². The van der Waals surface area contributed by atoms with Crippen LogP contribution in [0.3, 0.4) is 0 Å². The molecule has 1 atom stereocenters. The predicted molar refractivity (Wildman–Crippen MR) is 109 cm³/mol. The maximum Gasteiger partial charge on any atom is 0.196 e. The van der Waals surface area contributed by atoms with E-state index >= 15 is 0 Å². The summed E-state index contributed by atoms with van der Waals surface area (Å²) in [5.41, 5.74) is 4.39. The van der Waals surface area contributed by atoms with Crippen molar-refractivity contribution in [3.8, 4) is 17.1 Å². The van der Waals surface area contributed by atoms with Gasteiger partial charge in [-0.1, -0.05) is 48.2 Å². The summed E-state index contributed by atoms with van der Waals surface area (Å²) in [6.45, 7) is 4.17. The Morgan fingerprint density at radius 2 is 1.81 bits per heavy atom. The van der Waals surface area contributed by atoms with E-state index in [1.807, 2.05) is 34.9 Å². The zero-order valence-electron chi connectivity index (χ0n) is 15.3. The minimum Gasteiger partial charge on any atom is -0.270 e. The van der Waals surface area contributed by atoms with Crippen molar-refractivity contribution in [2.75, 3.05) is 11.5 Å². The first kappa shape index (κ1) is 18.3. The van der Waals surface area contributed by atoms with Crippen LogP contribution in [0.5, 0.6) is 0 Å². The minimum atomic E-state index is -2.93. The van der Waals surface area contributed by atoms with Crippen LogP contribution >= 0.6 is 11.8 Å². The first-order valence-corrected chi connectivity index (χ1v) is 11.6. The zero-order chi connectivity index (χ0) is 19.0. The molecular weight excluding hydrogens is 378 g/mol. The van der Waals surface area contributed by atoms with Gasteiger partial charge < -0.3 is 0 Å². The van der Waals surface area contributed by atoms with Crippen molar-refractivity contribution in [3.63, 3.8) is 0 Å². The quantitative estimate of drug-likeness (QED) is 0.667. The first-order valence-electron chi connectivity index (χ1n) is 8.88.